The van der Waals surface area contributed by atoms with Gasteiger partial charge in [0, 0.05) is 29.7 Å². The van der Waals surface area contributed by atoms with E-state index in [2.05, 4.69) is 0 Å². The second-order valence-corrected chi connectivity index (χ2v) is 6.45. The van der Waals surface area contributed by atoms with Crippen molar-refractivity contribution in [1.82, 2.24) is 0 Å². The maximum Gasteiger partial charge on any atom is 0.257 e. The van der Waals surface area contributed by atoms with Gasteiger partial charge in [-0.1, -0.05) is 0 Å². The average molecular weight is 440 g/mol. The predicted molar refractivity (Wildman–Crippen MR) is 103 cm³/mol. The summed E-state index contributed by atoms with van der Waals surface area (Å²) in [5.41, 5.74) is -1.30. The normalized spacial score (nSPS) is 10.7. The Bertz CT molecular complexity index is 1080. The van der Waals surface area contributed by atoms with E-state index in [0.717, 1.165) is 39.5 Å². The molecule has 0 amide bonds. The van der Waals surface area contributed by atoms with Gasteiger partial charge in [-0.2, -0.15) is 0 Å². The van der Waals surface area contributed by atoms with Crippen LogP contribution in [0.5, 0.6) is 17.2 Å². The zero-order chi connectivity index (χ0) is 22.9. The predicted octanol–water partition coefficient (Wildman–Crippen LogP) is 3.06. The number of rotatable bonds is 6. The number of halogens is 6. The van der Waals surface area contributed by atoms with Crippen LogP contribution in [0.4, 0.5) is 26.3 Å². The number of hydrogen-bond donors (Lipinski definition) is 0. The fourth-order valence-electron chi connectivity index (χ4n) is 3.33. The van der Waals surface area contributed by atoms with Crippen LogP contribution in [0.25, 0.3) is 0 Å². The van der Waals surface area contributed by atoms with Crippen LogP contribution in [0.3, 0.4) is 0 Å². The topological polar surface area (TPSA) is 27.7 Å². The van der Waals surface area contributed by atoms with Gasteiger partial charge in [-0.25, -0.2) is 26.3 Å². The summed E-state index contributed by atoms with van der Waals surface area (Å²) in [6.07, 6.45) is 0. The summed E-state index contributed by atoms with van der Waals surface area (Å²) >= 11 is 0. The highest BCUT2D eigenvalue weighted by Crippen LogP contribution is 2.22. The van der Waals surface area contributed by atoms with Crippen LogP contribution in [0, 0.1) is 34.9 Å². The minimum absolute atomic E-state index is 0.368. The summed E-state index contributed by atoms with van der Waals surface area (Å²) in [6, 6.07) is 4.10. The van der Waals surface area contributed by atoms with Gasteiger partial charge < -0.3 is 14.2 Å². The zero-order valence-corrected chi connectivity index (χ0v) is 16.5. The lowest BCUT2D eigenvalue weighted by molar-refractivity contribution is 0.384. The maximum absolute atomic E-state index is 14.9. The zero-order valence-electron chi connectivity index (χ0n) is 16.5. The number of ether oxygens (including phenoxy) is 3. The van der Waals surface area contributed by atoms with Gasteiger partial charge in [0.15, 0.2) is 23.1 Å². The Labute approximate surface area is 174 Å². The largest absolute Gasteiger partial charge is 0.497 e. The molecule has 0 spiro atoms. The second-order valence-electron chi connectivity index (χ2n) is 6.45. The van der Waals surface area contributed by atoms with E-state index in [4.69, 9.17) is 14.2 Å². The van der Waals surface area contributed by atoms with E-state index >= 15 is 0 Å². The fraction of sp³-hybridized carbons (Fsp3) is 0.143. The van der Waals surface area contributed by atoms with Gasteiger partial charge in [-0.15, -0.1) is 0 Å². The molecular weight excluding hydrogens is 425 g/mol. The monoisotopic (exact) mass is 440 g/mol. The van der Waals surface area contributed by atoms with E-state index in [-0.39, 0.29) is 5.75 Å². The van der Waals surface area contributed by atoms with E-state index in [9.17, 15) is 26.3 Å². The maximum atomic E-state index is 14.9. The van der Waals surface area contributed by atoms with Crippen LogP contribution >= 0.6 is 0 Å². The van der Waals surface area contributed by atoms with Crippen molar-refractivity contribution in [2.45, 2.75) is 0 Å². The molecule has 0 bridgehead atoms. The summed E-state index contributed by atoms with van der Waals surface area (Å²) < 4.78 is 101. The highest BCUT2D eigenvalue weighted by molar-refractivity contribution is 6.96. The summed E-state index contributed by atoms with van der Waals surface area (Å²) in [6.45, 7) is -1.64. The smallest absolute Gasteiger partial charge is 0.257 e. The third-order valence-electron chi connectivity index (χ3n) is 4.73. The number of hydrogen-bond acceptors (Lipinski definition) is 3. The molecule has 0 aliphatic carbocycles. The molecule has 0 heterocycles. The van der Waals surface area contributed by atoms with E-state index in [1.165, 1.54) is 0 Å². The van der Waals surface area contributed by atoms with Crippen LogP contribution in [0.15, 0.2) is 36.4 Å². The van der Waals surface area contributed by atoms with Gasteiger partial charge in [-0.3, -0.25) is 0 Å². The van der Waals surface area contributed by atoms with Crippen molar-refractivity contribution in [1.29, 1.82) is 0 Å². The Morgan fingerprint density at radius 2 is 0.968 bits per heavy atom. The third-order valence-corrected chi connectivity index (χ3v) is 4.73. The SMILES string of the molecule is COc1cc(B(c2cc(OC)c(F)cc2F)c2c(F)cc(F)cc2OC)c(F)cc1F. The Morgan fingerprint density at radius 1 is 0.516 bits per heavy atom. The van der Waals surface area contributed by atoms with Crippen LogP contribution < -0.4 is 30.6 Å². The first-order valence-corrected chi connectivity index (χ1v) is 8.80. The highest BCUT2D eigenvalue weighted by Gasteiger charge is 2.35. The lowest BCUT2D eigenvalue weighted by Gasteiger charge is -2.21. The minimum atomic E-state index is -1.64. The molecule has 3 rings (SSSR count). The molecular formula is C21H15BF6O3. The Balaban J connectivity index is 2.43. The number of benzene rings is 3. The first kappa shape index (κ1) is 22.4. The molecule has 10 heteroatoms. The van der Waals surface area contributed by atoms with Crippen molar-refractivity contribution < 1.29 is 40.6 Å². The lowest BCUT2D eigenvalue weighted by atomic mass is 9.36. The van der Waals surface area contributed by atoms with Gasteiger partial charge in [0.2, 0.25) is 0 Å². The van der Waals surface area contributed by atoms with Crippen LogP contribution in [-0.2, 0) is 0 Å². The molecule has 0 atom stereocenters. The van der Waals surface area contributed by atoms with Crippen LogP contribution in [0.2, 0.25) is 0 Å². The van der Waals surface area contributed by atoms with Crippen molar-refractivity contribution in [3.63, 3.8) is 0 Å². The van der Waals surface area contributed by atoms with E-state index in [1.54, 1.807) is 0 Å². The van der Waals surface area contributed by atoms with Gasteiger partial charge in [0.1, 0.15) is 29.0 Å². The molecule has 3 nitrogen and oxygen atoms in total. The summed E-state index contributed by atoms with van der Waals surface area (Å²) in [7, 11) is 3.35. The van der Waals surface area contributed by atoms with Crippen molar-refractivity contribution in [3.05, 3.63) is 71.3 Å². The molecule has 162 valence electrons. The molecule has 0 fully saturated rings. The molecule has 0 radical (unpaired) electrons. The first-order valence-electron chi connectivity index (χ1n) is 8.80. The fourth-order valence-corrected chi connectivity index (χ4v) is 3.33. The number of methoxy groups -OCH3 is 3. The molecule has 31 heavy (non-hydrogen) atoms. The van der Waals surface area contributed by atoms with Gasteiger partial charge in [0.25, 0.3) is 6.71 Å². The molecule has 0 aliphatic heterocycles. The molecule has 0 saturated carbocycles. The Hall–Kier alpha value is -3.30. The van der Waals surface area contributed by atoms with E-state index < -0.39 is 69.5 Å². The standard InChI is InChI=1S/C21H15BF6O3/c1-29-18-6-11(13(24)8-15(18)26)22(12-7-19(30-2)16(27)9-14(12)25)21-17(28)4-10(23)5-20(21)31-3/h4-9H,1-3H3. The van der Waals surface area contributed by atoms with Gasteiger partial charge in [-0.05, 0) is 23.1 Å². The highest BCUT2D eigenvalue weighted by atomic mass is 19.2. The summed E-state index contributed by atoms with van der Waals surface area (Å²) in [4.78, 5) is 0. The third kappa shape index (κ3) is 4.15. The van der Waals surface area contributed by atoms with Crippen LogP contribution in [0.1, 0.15) is 0 Å². The van der Waals surface area contributed by atoms with Gasteiger partial charge in [0.05, 0.1) is 21.3 Å². The lowest BCUT2D eigenvalue weighted by Crippen LogP contribution is -2.56. The molecule has 0 aromatic heterocycles. The van der Waals surface area contributed by atoms with E-state index in [1.807, 2.05) is 0 Å². The van der Waals surface area contributed by atoms with Crippen molar-refractivity contribution in [2.75, 3.05) is 21.3 Å². The van der Waals surface area contributed by atoms with Crippen LogP contribution in [-0.4, -0.2) is 28.0 Å². The van der Waals surface area contributed by atoms with Gasteiger partial charge >= 0.3 is 0 Å². The molecule has 0 unspecified atom stereocenters. The molecule has 3 aromatic carbocycles. The first-order chi connectivity index (χ1) is 14.7. The Kier molecular flexibility index (Phi) is 6.38. The average Bonchev–Trinajstić information content (AvgIpc) is 2.71. The molecule has 0 saturated heterocycles. The van der Waals surface area contributed by atoms with Crippen molar-refractivity contribution in [3.8, 4) is 17.2 Å². The second kappa shape index (κ2) is 8.83. The summed E-state index contributed by atoms with van der Waals surface area (Å²) in [5, 5.41) is 0. The summed E-state index contributed by atoms with van der Waals surface area (Å²) in [5.74, 6) is -7.80. The molecule has 3 aromatic rings. The molecule has 0 aliphatic rings. The van der Waals surface area contributed by atoms with Crippen molar-refractivity contribution >= 4 is 23.1 Å². The minimum Gasteiger partial charge on any atom is -0.497 e. The van der Waals surface area contributed by atoms with E-state index in [0.29, 0.717) is 18.2 Å². The quantitative estimate of drug-likeness (QED) is 0.436. The Morgan fingerprint density at radius 3 is 1.39 bits per heavy atom. The molecule has 0 N–H and O–H groups in total. The van der Waals surface area contributed by atoms with Crippen molar-refractivity contribution in [2.24, 2.45) is 0 Å².